The van der Waals surface area contributed by atoms with Crippen molar-refractivity contribution in [3.05, 3.63) is 45.3 Å². The van der Waals surface area contributed by atoms with Crippen molar-refractivity contribution in [2.75, 3.05) is 31.5 Å². The molecule has 0 bridgehead atoms. The average Bonchev–Trinajstić information content (AvgIpc) is 3.13. The van der Waals surface area contributed by atoms with Gasteiger partial charge in [-0.3, -0.25) is 24.5 Å². The van der Waals surface area contributed by atoms with Crippen LogP contribution >= 0.6 is 11.3 Å². The maximum Gasteiger partial charge on any atom is 0.263 e. The number of nitrogens with zero attached hydrogens (tertiary/aromatic N) is 3. The normalized spacial score (nSPS) is 14.0. The lowest BCUT2D eigenvalue weighted by molar-refractivity contribution is -0.138. The zero-order chi connectivity index (χ0) is 20.1. The number of anilines is 1. The number of aromatic amines is 1. The smallest absolute Gasteiger partial charge is 0.263 e. The topological polar surface area (TPSA) is 115 Å². The van der Waals surface area contributed by atoms with E-state index in [-0.39, 0.29) is 17.4 Å². The second kappa shape index (κ2) is 8.79. The van der Waals surface area contributed by atoms with E-state index in [0.29, 0.717) is 49.8 Å². The van der Waals surface area contributed by atoms with Crippen LogP contribution in [0.2, 0.25) is 0 Å². The molecule has 148 valence electrons. The number of carbonyl (C=O) groups is 3. The molecule has 1 aliphatic heterocycles. The van der Waals surface area contributed by atoms with Crippen LogP contribution in [0.25, 0.3) is 0 Å². The number of H-pyrrole nitrogens is 1. The Morgan fingerprint density at radius 1 is 1.21 bits per heavy atom. The molecule has 0 saturated carbocycles. The maximum atomic E-state index is 12.3. The quantitative estimate of drug-likeness (QED) is 0.763. The summed E-state index contributed by atoms with van der Waals surface area (Å²) in [7, 11) is 0. The highest BCUT2D eigenvalue weighted by molar-refractivity contribution is 7.14. The Kier molecular flexibility index (Phi) is 6.19. The van der Waals surface area contributed by atoms with Crippen LogP contribution < -0.4 is 10.9 Å². The van der Waals surface area contributed by atoms with Gasteiger partial charge in [-0.05, 0) is 18.6 Å². The predicted octanol–water partition coefficient (Wildman–Crippen LogP) is 0.707. The molecule has 1 fully saturated rings. The number of aryl methyl sites for hydroxylation is 1. The van der Waals surface area contributed by atoms with Gasteiger partial charge in [0, 0.05) is 51.1 Å². The van der Waals surface area contributed by atoms with Crippen molar-refractivity contribution in [1.29, 1.82) is 0 Å². The fourth-order valence-corrected chi connectivity index (χ4v) is 3.65. The van der Waals surface area contributed by atoms with Crippen LogP contribution in [0.3, 0.4) is 0 Å². The Morgan fingerprint density at radius 3 is 2.61 bits per heavy atom. The third-order valence-corrected chi connectivity index (χ3v) is 5.31. The van der Waals surface area contributed by atoms with Crippen LogP contribution in [0.5, 0.6) is 0 Å². The van der Waals surface area contributed by atoms with Crippen molar-refractivity contribution < 1.29 is 14.4 Å². The molecule has 2 aromatic heterocycles. The van der Waals surface area contributed by atoms with Crippen LogP contribution in [0.15, 0.2) is 28.5 Å². The fraction of sp³-hybridized carbons (Fsp3) is 0.389. The summed E-state index contributed by atoms with van der Waals surface area (Å²) in [6.45, 7) is 3.74. The number of nitrogens with one attached hydrogen (secondary N) is 2. The van der Waals surface area contributed by atoms with Gasteiger partial charge in [-0.25, -0.2) is 4.98 Å². The standard InChI is InChI=1S/C18H21N5O4S/c1-12(24)22-7-9-23(10-8-22)15(25)5-4-13-11-28-18(20-13)21-17(27)14-3-2-6-19-16(14)26/h2-3,6,11H,4-5,7-10H2,1H3,(H,19,26)(H,20,21,27). The first-order valence-electron chi connectivity index (χ1n) is 8.91. The number of aromatic nitrogens is 2. The molecule has 0 atom stereocenters. The second-order valence-corrected chi connectivity index (χ2v) is 7.26. The summed E-state index contributed by atoms with van der Waals surface area (Å²) in [5.41, 5.74) is 0.254. The first-order valence-corrected chi connectivity index (χ1v) is 9.79. The van der Waals surface area contributed by atoms with Crippen molar-refractivity contribution in [1.82, 2.24) is 19.8 Å². The highest BCUT2D eigenvalue weighted by Crippen LogP contribution is 2.17. The fourth-order valence-electron chi connectivity index (χ4n) is 2.91. The van der Waals surface area contributed by atoms with Crippen LogP contribution in [0.4, 0.5) is 5.13 Å². The number of amides is 3. The Balaban J connectivity index is 1.49. The largest absolute Gasteiger partial charge is 0.339 e. The minimum atomic E-state index is -0.526. The van der Waals surface area contributed by atoms with Crippen molar-refractivity contribution >= 4 is 34.2 Å². The molecule has 3 rings (SSSR count). The molecule has 0 aromatic carbocycles. The van der Waals surface area contributed by atoms with Crippen molar-refractivity contribution in [2.24, 2.45) is 0 Å². The molecule has 3 amide bonds. The van der Waals surface area contributed by atoms with Crippen LogP contribution in [0, 0.1) is 0 Å². The van der Waals surface area contributed by atoms with E-state index in [1.165, 1.54) is 30.5 Å². The first-order chi connectivity index (χ1) is 13.4. The molecule has 2 aromatic rings. The minimum absolute atomic E-state index is 0.0131. The van der Waals surface area contributed by atoms with Gasteiger partial charge in [0.2, 0.25) is 11.8 Å². The van der Waals surface area contributed by atoms with Gasteiger partial charge < -0.3 is 14.8 Å². The zero-order valence-corrected chi connectivity index (χ0v) is 16.3. The average molecular weight is 403 g/mol. The predicted molar refractivity (Wildman–Crippen MR) is 104 cm³/mol. The van der Waals surface area contributed by atoms with Crippen LogP contribution in [-0.2, 0) is 16.0 Å². The van der Waals surface area contributed by atoms with E-state index >= 15 is 0 Å². The summed E-state index contributed by atoms with van der Waals surface area (Å²) in [6.07, 6.45) is 2.23. The van der Waals surface area contributed by atoms with E-state index in [0.717, 1.165) is 0 Å². The number of piperazine rings is 1. The van der Waals surface area contributed by atoms with Gasteiger partial charge in [-0.15, -0.1) is 11.3 Å². The highest BCUT2D eigenvalue weighted by atomic mass is 32.1. The summed E-state index contributed by atoms with van der Waals surface area (Å²) >= 11 is 1.24. The van der Waals surface area contributed by atoms with Crippen molar-refractivity contribution in [3.63, 3.8) is 0 Å². The number of carbonyl (C=O) groups excluding carboxylic acids is 3. The molecular weight excluding hydrogens is 382 g/mol. The number of thiazole rings is 1. The SMILES string of the molecule is CC(=O)N1CCN(C(=O)CCc2csc(NC(=O)c3ccc[nH]c3=O)n2)CC1. The van der Waals surface area contributed by atoms with Gasteiger partial charge in [0.15, 0.2) is 5.13 Å². The van der Waals surface area contributed by atoms with E-state index < -0.39 is 11.5 Å². The van der Waals surface area contributed by atoms with E-state index in [1.54, 1.807) is 21.2 Å². The van der Waals surface area contributed by atoms with Crippen LogP contribution in [-0.4, -0.2) is 63.7 Å². The summed E-state index contributed by atoms with van der Waals surface area (Å²) in [6, 6.07) is 3.01. The molecule has 3 heterocycles. The van der Waals surface area contributed by atoms with Crippen LogP contribution in [0.1, 0.15) is 29.4 Å². The molecule has 0 spiro atoms. The van der Waals surface area contributed by atoms with E-state index in [9.17, 15) is 19.2 Å². The summed E-state index contributed by atoms with van der Waals surface area (Å²) in [4.78, 5) is 57.7. The van der Waals surface area contributed by atoms with E-state index in [2.05, 4.69) is 15.3 Å². The number of rotatable bonds is 5. The van der Waals surface area contributed by atoms with Crippen molar-refractivity contribution in [2.45, 2.75) is 19.8 Å². The van der Waals surface area contributed by atoms with Crippen molar-refractivity contribution in [3.8, 4) is 0 Å². The second-order valence-electron chi connectivity index (χ2n) is 6.40. The molecule has 0 aliphatic carbocycles. The van der Waals surface area contributed by atoms with Gasteiger partial charge in [0.05, 0.1) is 5.69 Å². The molecule has 2 N–H and O–H groups in total. The summed E-state index contributed by atoms with van der Waals surface area (Å²) < 4.78 is 0. The van der Waals surface area contributed by atoms with Gasteiger partial charge in [0.25, 0.3) is 11.5 Å². The Labute approximate surface area is 165 Å². The minimum Gasteiger partial charge on any atom is -0.339 e. The third-order valence-electron chi connectivity index (χ3n) is 4.51. The molecule has 0 unspecified atom stereocenters. The number of hydrogen-bond donors (Lipinski definition) is 2. The first kappa shape index (κ1) is 19.7. The Bertz CT molecular complexity index is 930. The number of pyridine rings is 1. The summed E-state index contributed by atoms with van der Waals surface area (Å²) in [5.74, 6) is -0.471. The number of hydrogen-bond acceptors (Lipinski definition) is 6. The van der Waals surface area contributed by atoms with Gasteiger partial charge in [-0.1, -0.05) is 0 Å². The molecule has 0 radical (unpaired) electrons. The highest BCUT2D eigenvalue weighted by Gasteiger charge is 2.22. The Morgan fingerprint density at radius 2 is 1.93 bits per heavy atom. The van der Waals surface area contributed by atoms with Gasteiger partial charge in [0.1, 0.15) is 5.56 Å². The molecule has 9 nitrogen and oxygen atoms in total. The Hall–Kier alpha value is -3.01. The lowest BCUT2D eigenvalue weighted by Crippen LogP contribution is -2.50. The van der Waals surface area contributed by atoms with E-state index in [1.807, 2.05) is 0 Å². The molecule has 10 heteroatoms. The molecule has 1 saturated heterocycles. The van der Waals surface area contributed by atoms with E-state index in [4.69, 9.17) is 0 Å². The summed E-state index contributed by atoms with van der Waals surface area (Å²) in [5, 5.41) is 4.77. The zero-order valence-electron chi connectivity index (χ0n) is 15.4. The van der Waals surface area contributed by atoms with Gasteiger partial charge in [-0.2, -0.15) is 0 Å². The maximum absolute atomic E-state index is 12.3. The lowest BCUT2D eigenvalue weighted by Gasteiger charge is -2.34. The molecule has 1 aliphatic rings. The van der Waals surface area contributed by atoms with Gasteiger partial charge >= 0.3 is 0 Å². The lowest BCUT2D eigenvalue weighted by atomic mass is 10.2. The third kappa shape index (κ3) is 4.83. The monoisotopic (exact) mass is 403 g/mol. The molecular formula is C18H21N5O4S. The molecule has 28 heavy (non-hydrogen) atoms.